The van der Waals surface area contributed by atoms with Crippen LogP contribution in [0.15, 0.2) is 24.3 Å². The van der Waals surface area contributed by atoms with E-state index in [0.29, 0.717) is 6.04 Å². The molecular weight excluding hydrogens is 289 g/mol. The van der Waals surface area contributed by atoms with E-state index in [9.17, 15) is 0 Å². The van der Waals surface area contributed by atoms with Gasteiger partial charge in [0.2, 0.25) is 0 Å². The lowest BCUT2D eigenvalue weighted by Gasteiger charge is -2.33. The van der Waals surface area contributed by atoms with Gasteiger partial charge in [0, 0.05) is 18.1 Å². The van der Waals surface area contributed by atoms with Crippen LogP contribution in [-0.2, 0) is 11.8 Å². The number of thioether (sulfide) groups is 1. The molecule has 0 spiro atoms. The van der Waals surface area contributed by atoms with Gasteiger partial charge in [-0.3, -0.25) is 0 Å². The molecule has 1 fully saturated rings. The molecule has 0 bridgehead atoms. The first-order valence-corrected chi connectivity index (χ1v) is 10.7. The van der Waals surface area contributed by atoms with Gasteiger partial charge in [0.05, 0.1) is 13.2 Å². The fourth-order valence-electron chi connectivity index (χ4n) is 1.86. The zero-order valence-electron chi connectivity index (χ0n) is 9.67. The van der Waals surface area contributed by atoms with Gasteiger partial charge in [-0.25, -0.2) is 4.31 Å². The summed E-state index contributed by atoms with van der Waals surface area (Å²) in [6.07, 6.45) is 0. The topological polar surface area (TPSA) is 12.5 Å². The number of nitrogens with zero attached hydrogens (tertiary/aromatic N) is 1. The lowest BCUT2D eigenvalue weighted by atomic mass is 10.1. The molecule has 1 aromatic rings. The molecule has 0 aliphatic carbocycles. The first-order chi connectivity index (χ1) is 8.35. The summed E-state index contributed by atoms with van der Waals surface area (Å²) >= 11 is 9.03. The Balaban J connectivity index is 2.14. The standard InChI is InChI=1S/C11H16NOPS3/c1-13-10-4-2-9(3-5-10)11-8-16-7-6-12(11)17-14-15/h2-5,11H,6-8,14H2,1H3. The first kappa shape index (κ1) is 13.8. The fourth-order valence-corrected chi connectivity index (χ4v) is 5.89. The molecule has 1 aromatic carbocycles. The Labute approximate surface area is 117 Å². The molecule has 94 valence electrons. The molecule has 6 heteroatoms. The number of benzene rings is 1. The molecule has 0 aromatic heterocycles. The van der Waals surface area contributed by atoms with Crippen LogP contribution in [0.3, 0.4) is 0 Å². The summed E-state index contributed by atoms with van der Waals surface area (Å²) in [5, 5.41) is 0. The number of methoxy groups -OCH3 is 1. The highest BCUT2D eigenvalue weighted by Gasteiger charge is 2.24. The second-order valence-electron chi connectivity index (χ2n) is 3.71. The molecule has 0 radical (unpaired) electrons. The van der Waals surface area contributed by atoms with Gasteiger partial charge in [0.1, 0.15) is 5.75 Å². The smallest absolute Gasteiger partial charge is 0.118 e. The third-order valence-electron chi connectivity index (χ3n) is 2.76. The van der Waals surface area contributed by atoms with Gasteiger partial charge in [-0.15, -0.1) is 0 Å². The van der Waals surface area contributed by atoms with Crippen molar-refractivity contribution in [1.29, 1.82) is 0 Å². The summed E-state index contributed by atoms with van der Waals surface area (Å²) in [5.74, 6) is 3.30. The molecule has 2 nitrogen and oxygen atoms in total. The number of hydrogen-bond acceptors (Lipinski definition) is 5. The van der Waals surface area contributed by atoms with Crippen LogP contribution in [0.5, 0.6) is 5.75 Å². The quantitative estimate of drug-likeness (QED) is 0.623. The number of hydrogen-bond donors (Lipinski definition) is 0. The molecule has 0 N–H and O–H groups in total. The van der Waals surface area contributed by atoms with Crippen molar-refractivity contribution in [1.82, 2.24) is 4.31 Å². The van der Waals surface area contributed by atoms with Crippen molar-refractivity contribution in [3.8, 4) is 5.75 Å². The zero-order valence-corrected chi connectivity index (χ0v) is 13.3. The van der Waals surface area contributed by atoms with E-state index in [4.69, 9.17) is 16.5 Å². The van der Waals surface area contributed by atoms with Crippen LogP contribution in [0.2, 0.25) is 0 Å². The van der Waals surface area contributed by atoms with Crippen LogP contribution in [0.25, 0.3) is 0 Å². The van der Waals surface area contributed by atoms with Gasteiger partial charge < -0.3 is 4.74 Å². The SMILES string of the molecule is COc1ccc(C2CSCCN2S[PH2]=S)cc1. The zero-order chi connectivity index (χ0) is 12.1. The maximum absolute atomic E-state index is 5.19. The van der Waals surface area contributed by atoms with Crippen LogP contribution in [0.1, 0.15) is 11.6 Å². The third-order valence-corrected chi connectivity index (χ3v) is 6.42. The molecule has 2 unspecified atom stereocenters. The normalized spacial score (nSPS) is 22.1. The van der Waals surface area contributed by atoms with E-state index in [0.717, 1.165) is 18.0 Å². The fraction of sp³-hybridized carbons (Fsp3) is 0.455. The Morgan fingerprint density at radius 3 is 2.88 bits per heavy atom. The van der Waals surface area contributed by atoms with Crippen LogP contribution in [0.4, 0.5) is 0 Å². The summed E-state index contributed by atoms with van der Waals surface area (Å²) in [4.78, 5) is 0. The summed E-state index contributed by atoms with van der Waals surface area (Å²) in [6, 6.07) is 8.92. The van der Waals surface area contributed by atoms with Crippen LogP contribution < -0.4 is 4.74 Å². The van der Waals surface area contributed by atoms with E-state index in [1.807, 2.05) is 35.5 Å². The van der Waals surface area contributed by atoms with E-state index < -0.39 is 0 Å². The van der Waals surface area contributed by atoms with Gasteiger partial charge in [-0.1, -0.05) is 23.9 Å². The van der Waals surface area contributed by atoms with Crippen molar-refractivity contribution in [2.75, 3.05) is 25.2 Å². The predicted molar refractivity (Wildman–Crippen MR) is 84.4 cm³/mol. The molecule has 1 heterocycles. The van der Waals surface area contributed by atoms with Gasteiger partial charge in [0.15, 0.2) is 0 Å². The van der Waals surface area contributed by atoms with Crippen molar-refractivity contribution in [2.24, 2.45) is 0 Å². The molecule has 2 rings (SSSR count). The molecule has 1 aliphatic heterocycles. The Bertz CT molecular complexity index is 373. The molecular formula is C11H16NOPS3. The second kappa shape index (κ2) is 7.05. The van der Waals surface area contributed by atoms with Gasteiger partial charge >= 0.3 is 0 Å². The van der Waals surface area contributed by atoms with Gasteiger partial charge in [-0.2, -0.15) is 11.8 Å². The Morgan fingerprint density at radius 2 is 2.24 bits per heavy atom. The highest BCUT2D eigenvalue weighted by Crippen LogP contribution is 2.38. The number of ether oxygens (including phenoxy) is 1. The van der Waals surface area contributed by atoms with Crippen molar-refractivity contribution in [3.63, 3.8) is 0 Å². The highest BCUT2D eigenvalue weighted by atomic mass is 32.9. The third kappa shape index (κ3) is 3.65. The summed E-state index contributed by atoms with van der Waals surface area (Å²) in [6.45, 7) is 1.20. The van der Waals surface area contributed by atoms with E-state index in [1.54, 1.807) is 7.11 Å². The van der Waals surface area contributed by atoms with Crippen molar-refractivity contribution in [2.45, 2.75) is 6.04 Å². The van der Waals surface area contributed by atoms with E-state index in [2.05, 4.69) is 16.4 Å². The van der Waals surface area contributed by atoms with Crippen molar-refractivity contribution in [3.05, 3.63) is 29.8 Å². The minimum atomic E-state index is 0.0607. The van der Waals surface area contributed by atoms with Gasteiger partial charge in [0.25, 0.3) is 0 Å². The Morgan fingerprint density at radius 1 is 1.47 bits per heavy atom. The summed E-state index contributed by atoms with van der Waals surface area (Å²) in [5.41, 5.74) is 1.37. The van der Waals surface area contributed by atoms with E-state index in [1.165, 1.54) is 11.3 Å². The van der Waals surface area contributed by atoms with E-state index >= 15 is 0 Å². The van der Waals surface area contributed by atoms with E-state index in [-0.39, 0.29) is 6.56 Å². The molecule has 2 atom stereocenters. The molecule has 1 aliphatic rings. The molecule has 0 saturated carbocycles. The first-order valence-electron chi connectivity index (χ1n) is 5.44. The minimum absolute atomic E-state index is 0.0607. The second-order valence-corrected chi connectivity index (χ2v) is 8.67. The predicted octanol–water partition coefficient (Wildman–Crippen LogP) is 3.22. The van der Waals surface area contributed by atoms with Gasteiger partial charge in [-0.05, 0) is 35.8 Å². The largest absolute Gasteiger partial charge is 0.497 e. The van der Waals surface area contributed by atoms with Crippen molar-refractivity contribution >= 4 is 41.7 Å². The molecule has 17 heavy (non-hydrogen) atoms. The summed E-state index contributed by atoms with van der Waals surface area (Å²) in [7, 11) is 1.70. The number of rotatable bonds is 4. The monoisotopic (exact) mass is 305 g/mol. The highest BCUT2D eigenvalue weighted by molar-refractivity contribution is 8.56. The van der Waals surface area contributed by atoms with Crippen molar-refractivity contribution < 1.29 is 4.74 Å². The van der Waals surface area contributed by atoms with Crippen LogP contribution in [-0.4, -0.2) is 29.5 Å². The minimum Gasteiger partial charge on any atom is -0.497 e. The maximum atomic E-state index is 5.19. The Kier molecular flexibility index (Phi) is 5.70. The summed E-state index contributed by atoms with van der Waals surface area (Å²) < 4.78 is 7.65. The lowest BCUT2D eigenvalue weighted by Crippen LogP contribution is -2.29. The average molecular weight is 305 g/mol. The van der Waals surface area contributed by atoms with Crippen LogP contribution in [0, 0.1) is 0 Å². The average Bonchev–Trinajstić information content (AvgIpc) is 2.40. The molecule has 1 saturated heterocycles. The maximum Gasteiger partial charge on any atom is 0.118 e. The molecule has 0 amide bonds. The Hall–Kier alpha value is 0.330. The van der Waals surface area contributed by atoms with Crippen LogP contribution >= 0.6 is 29.9 Å². The lowest BCUT2D eigenvalue weighted by molar-refractivity contribution is 0.399.